The van der Waals surface area contributed by atoms with E-state index in [-0.39, 0.29) is 37.3 Å². The molecule has 0 spiro atoms. The smallest absolute Gasteiger partial charge is 0.416 e. The average molecular weight is 582 g/mol. The SMILES string of the molecule is CC(C)C=CC(c1cc(C(F)(F)F)ccc1C(F)(F)F)N1CC[C@@H](CC(=O)O)C[C@H]1c1ccc(C(F)(F)F)cc1. The number of aliphatic carboxylic acids is 1. The van der Waals surface area contributed by atoms with Crippen LogP contribution in [0.2, 0.25) is 0 Å². The van der Waals surface area contributed by atoms with Gasteiger partial charge in [-0.25, -0.2) is 0 Å². The van der Waals surface area contributed by atoms with Crippen LogP contribution < -0.4 is 0 Å². The molecule has 3 atom stereocenters. The fraction of sp³-hybridized carbons (Fsp3) is 0.464. The van der Waals surface area contributed by atoms with Gasteiger partial charge in [0.25, 0.3) is 0 Å². The molecule has 12 heteroatoms. The van der Waals surface area contributed by atoms with Crippen molar-refractivity contribution in [2.45, 2.75) is 63.7 Å². The van der Waals surface area contributed by atoms with Gasteiger partial charge in [-0.1, -0.05) is 38.1 Å². The first kappa shape index (κ1) is 31.5. The van der Waals surface area contributed by atoms with Crippen molar-refractivity contribution in [1.82, 2.24) is 4.90 Å². The summed E-state index contributed by atoms with van der Waals surface area (Å²) in [6, 6.07) is 2.99. The predicted molar refractivity (Wildman–Crippen MR) is 129 cm³/mol. The topological polar surface area (TPSA) is 40.5 Å². The predicted octanol–water partition coefficient (Wildman–Crippen LogP) is 8.92. The summed E-state index contributed by atoms with van der Waals surface area (Å²) in [5.41, 5.74) is -3.85. The fourth-order valence-electron chi connectivity index (χ4n) is 5.01. The van der Waals surface area contributed by atoms with Gasteiger partial charge in [0, 0.05) is 12.5 Å². The van der Waals surface area contributed by atoms with E-state index in [1.807, 2.05) is 0 Å². The molecule has 1 heterocycles. The minimum Gasteiger partial charge on any atom is -0.481 e. The highest BCUT2D eigenvalue weighted by molar-refractivity contribution is 5.67. The maximum Gasteiger partial charge on any atom is 0.416 e. The van der Waals surface area contributed by atoms with Gasteiger partial charge < -0.3 is 5.11 Å². The summed E-state index contributed by atoms with van der Waals surface area (Å²) in [7, 11) is 0. The lowest BCUT2D eigenvalue weighted by Gasteiger charge is -2.44. The van der Waals surface area contributed by atoms with E-state index in [4.69, 9.17) is 0 Å². The van der Waals surface area contributed by atoms with Crippen molar-refractivity contribution in [3.63, 3.8) is 0 Å². The lowest BCUT2D eigenvalue weighted by molar-refractivity contribution is -0.142. The molecule has 1 saturated heterocycles. The summed E-state index contributed by atoms with van der Waals surface area (Å²) in [4.78, 5) is 12.9. The van der Waals surface area contributed by atoms with E-state index in [1.165, 1.54) is 23.1 Å². The van der Waals surface area contributed by atoms with Crippen molar-refractivity contribution in [2.24, 2.45) is 11.8 Å². The zero-order valence-electron chi connectivity index (χ0n) is 21.5. The normalized spacial score (nSPS) is 20.3. The van der Waals surface area contributed by atoms with Gasteiger partial charge in [-0.15, -0.1) is 0 Å². The third-order valence-electron chi connectivity index (χ3n) is 6.88. The van der Waals surface area contributed by atoms with Crippen LogP contribution in [0.1, 0.15) is 73.0 Å². The van der Waals surface area contributed by atoms with Gasteiger partial charge >= 0.3 is 24.5 Å². The number of rotatable bonds is 7. The zero-order valence-corrected chi connectivity index (χ0v) is 21.5. The first-order valence-electron chi connectivity index (χ1n) is 12.5. The summed E-state index contributed by atoms with van der Waals surface area (Å²) >= 11 is 0. The minimum atomic E-state index is -4.99. The molecule has 2 aromatic rings. The minimum absolute atomic E-state index is 0.00425. The van der Waals surface area contributed by atoms with Crippen molar-refractivity contribution in [2.75, 3.05) is 6.54 Å². The van der Waals surface area contributed by atoms with Gasteiger partial charge in [0.1, 0.15) is 0 Å². The molecule has 220 valence electrons. The van der Waals surface area contributed by atoms with Crippen LogP contribution in [-0.4, -0.2) is 22.5 Å². The van der Waals surface area contributed by atoms with Gasteiger partial charge in [-0.2, -0.15) is 39.5 Å². The molecule has 1 unspecified atom stereocenters. The Kier molecular flexibility index (Phi) is 9.33. The molecular weight excluding hydrogens is 553 g/mol. The Labute approximate surface area is 225 Å². The van der Waals surface area contributed by atoms with E-state index in [0.717, 1.165) is 12.1 Å². The number of hydrogen-bond donors (Lipinski definition) is 1. The lowest BCUT2D eigenvalue weighted by Crippen LogP contribution is -2.40. The Morgan fingerprint density at radius 1 is 0.900 bits per heavy atom. The number of allylic oxidation sites excluding steroid dienone is 1. The van der Waals surface area contributed by atoms with Crippen molar-refractivity contribution in [3.8, 4) is 0 Å². The molecule has 0 amide bonds. The van der Waals surface area contributed by atoms with E-state index in [1.54, 1.807) is 19.9 Å². The van der Waals surface area contributed by atoms with Gasteiger partial charge in [-0.05, 0) is 72.7 Å². The third kappa shape index (κ3) is 7.80. The summed E-state index contributed by atoms with van der Waals surface area (Å²) in [6.07, 6.45) is -11.6. The zero-order chi connectivity index (χ0) is 30.0. The molecular formula is C28H28F9NO2. The van der Waals surface area contributed by atoms with E-state index in [9.17, 15) is 49.4 Å². The summed E-state index contributed by atoms with van der Waals surface area (Å²) in [5, 5.41) is 9.30. The standard InChI is InChI=1S/C28H28F9NO2/c1-16(2)3-10-23(21-15-20(27(32,33)34)8-9-22(21)28(35,36)37)38-12-11-17(14-25(39)40)13-24(38)18-4-6-19(7-5-18)26(29,30)31/h3-10,15-17,23-24H,11-14H2,1-2H3,(H,39,40)/t17-,23?,24+/m1/s1. The van der Waals surface area contributed by atoms with E-state index >= 15 is 0 Å². The lowest BCUT2D eigenvalue weighted by atomic mass is 9.82. The summed E-state index contributed by atoms with van der Waals surface area (Å²) in [5.74, 6) is -1.74. The van der Waals surface area contributed by atoms with Gasteiger partial charge in [0.15, 0.2) is 0 Å². The number of nitrogens with zero attached hydrogens (tertiary/aromatic N) is 1. The molecule has 2 aromatic carbocycles. The number of carbonyl (C=O) groups is 1. The van der Waals surface area contributed by atoms with Crippen molar-refractivity contribution >= 4 is 5.97 Å². The van der Waals surface area contributed by atoms with E-state index in [0.29, 0.717) is 18.2 Å². The highest BCUT2D eigenvalue weighted by Gasteiger charge is 2.42. The highest BCUT2D eigenvalue weighted by Crippen LogP contribution is 2.46. The largest absolute Gasteiger partial charge is 0.481 e. The number of benzene rings is 2. The number of likely N-dealkylation sites (tertiary alicyclic amines) is 1. The second-order valence-electron chi connectivity index (χ2n) is 10.2. The number of halogens is 9. The van der Waals surface area contributed by atoms with Crippen LogP contribution in [0.5, 0.6) is 0 Å². The quantitative estimate of drug-likeness (QED) is 0.262. The van der Waals surface area contributed by atoms with Gasteiger partial charge in [0.05, 0.1) is 22.7 Å². The maximum absolute atomic E-state index is 14.1. The van der Waals surface area contributed by atoms with Crippen molar-refractivity contribution in [1.29, 1.82) is 0 Å². The molecule has 3 nitrogen and oxygen atoms in total. The Hall–Kier alpha value is -3.02. The highest BCUT2D eigenvalue weighted by atomic mass is 19.4. The van der Waals surface area contributed by atoms with Crippen LogP contribution in [0.25, 0.3) is 0 Å². The first-order valence-corrected chi connectivity index (χ1v) is 12.5. The Balaban J connectivity index is 2.21. The molecule has 1 N–H and O–H groups in total. The maximum atomic E-state index is 14.1. The molecule has 0 radical (unpaired) electrons. The number of hydrogen-bond acceptors (Lipinski definition) is 2. The van der Waals surface area contributed by atoms with Crippen molar-refractivity contribution in [3.05, 3.63) is 82.4 Å². The molecule has 1 fully saturated rings. The molecule has 3 rings (SSSR count). The third-order valence-corrected chi connectivity index (χ3v) is 6.88. The number of carboxylic acid groups (broad SMARTS) is 1. The number of carboxylic acids is 1. The Morgan fingerprint density at radius 3 is 1.98 bits per heavy atom. The summed E-state index contributed by atoms with van der Waals surface area (Å²) < 4.78 is 123. The van der Waals surface area contributed by atoms with Crippen LogP contribution in [-0.2, 0) is 23.3 Å². The molecule has 0 bridgehead atoms. The van der Waals surface area contributed by atoms with Crippen LogP contribution in [0.15, 0.2) is 54.6 Å². The van der Waals surface area contributed by atoms with Gasteiger partial charge in [-0.3, -0.25) is 9.69 Å². The summed E-state index contributed by atoms with van der Waals surface area (Å²) in [6.45, 7) is 3.47. The fourth-order valence-corrected chi connectivity index (χ4v) is 5.01. The van der Waals surface area contributed by atoms with Crippen LogP contribution >= 0.6 is 0 Å². The van der Waals surface area contributed by atoms with Gasteiger partial charge in [0.2, 0.25) is 0 Å². The Bertz CT molecular complexity index is 1200. The first-order chi connectivity index (χ1) is 18.4. The number of piperidine rings is 1. The molecule has 1 aliphatic heterocycles. The van der Waals surface area contributed by atoms with Crippen LogP contribution in [0.4, 0.5) is 39.5 Å². The molecule has 0 saturated carbocycles. The average Bonchev–Trinajstić information content (AvgIpc) is 2.82. The second-order valence-corrected chi connectivity index (χ2v) is 10.2. The van der Waals surface area contributed by atoms with Crippen LogP contribution in [0.3, 0.4) is 0 Å². The van der Waals surface area contributed by atoms with Crippen molar-refractivity contribution < 1.29 is 49.4 Å². The Morgan fingerprint density at radius 2 is 1.48 bits per heavy atom. The van der Waals surface area contributed by atoms with Crippen LogP contribution in [0, 0.1) is 11.8 Å². The van der Waals surface area contributed by atoms with E-state index in [2.05, 4.69) is 0 Å². The van der Waals surface area contributed by atoms with E-state index < -0.39 is 64.8 Å². The number of alkyl halides is 9. The monoisotopic (exact) mass is 581 g/mol. The molecule has 0 aromatic heterocycles. The molecule has 40 heavy (non-hydrogen) atoms. The second kappa shape index (κ2) is 11.8. The molecule has 0 aliphatic carbocycles. The molecule has 1 aliphatic rings.